The molecule has 1 aromatic carbocycles. The molecule has 18 heavy (non-hydrogen) atoms. The molecule has 0 aliphatic heterocycles. The number of nitrogens with one attached hydrogen (secondary N) is 1. The second kappa shape index (κ2) is 4.48. The van der Waals surface area contributed by atoms with Gasteiger partial charge in [-0.2, -0.15) is 0 Å². The number of rotatable bonds is 4. The van der Waals surface area contributed by atoms with Crippen LogP contribution >= 0.6 is 11.3 Å². The molecule has 1 unspecified atom stereocenters. The van der Waals surface area contributed by atoms with Crippen LogP contribution in [0.3, 0.4) is 0 Å². The molecule has 0 saturated heterocycles. The van der Waals surface area contributed by atoms with E-state index in [-0.39, 0.29) is 5.54 Å². The fourth-order valence-corrected chi connectivity index (χ4v) is 3.27. The zero-order valence-electron chi connectivity index (χ0n) is 10.8. The summed E-state index contributed by atoms with van der Waals surface area (Å²) in [7, 11) is 0. The van der Waals surface area contributed by atoms with Crippen LogP contribution in [0.4, 0.5) is 0 Å². The summed E-state index contributed by atoms with van der Waals surface area (Å²) in [4.78, 5) is 4.41. The highest BCUT2D eigenvalue weighted by atomic mass is 32.1. The van der Waals surface area contributed by atoms with E-state index in [1.165, 1.54) is 17.5 Å². The summed E-state index contributed by atoms with van der Waals surface area (Å²) in [6.07, 6.45) is 3.08. The number of aromatic nitrogens is 1. The van der Waals surface area contributed by atoms with Crippen molar-refractivity contribution in [3.63, 3.8) is 0 Å². The van der Waals surface area contributed by atoms with Crippen molar-refractivity contribution in [2.75, 3.05) is 6.54 Å². The highest BCUT2D eigenvalue weighted by Gasteiger charge is 2.29. The summed E-state index contributed by atoms with van der Waals surface area (Å²) in [6, 6.07) is 8.75. The average molecular weight is 258 g/mol. The van der Waals surface area contributed by atoms with Gasteiger partial charge in [0.15, 0.2) is 0 Å². The van der Waals surface area contributed by atoms with Crippen LogP contribution in [0.1, 0.15) is 35.9 Å². The van der Waals surface area contributed by atoms with Crippen molar-refractivity contribution >= 4 is 11.3 Å². The molecule has 1 aliphatic carbocycles. The predicted molar refractivity (Wildman–Crippen MR) is 76.0 cm³/mol. The normalized spacial score (nSPS) is 18.2. The van der Waals surface area contributed by atoms with Gasteiger partial charge in [0.25, 0.3) is 0 Å². The Morgan fingerprint density at radius 1 is 1.39 bits per heavy atom. The second-order valence-corrected chi connectivity index (χ2v) is 6.34. The minimum Gasteiger partial charge on any atom is -0.305 e. The Balaban J connectivity index is 1.64. The van der Waals surface area contributed by atoms with Crippen molar-refractivity contribution in [2.45, 2.75) is 31.7 Å². The van der Waals surface area contributed by atoms with E-state index in [9.17, 15) is 0 Å². The Bertz CT molecular complexity index is 531. The van der Waals surface area contributed by atoms with E-state index in [2.05, 4.69) is 48.4 Å². The molecule has 3 rings (SSSR count). The van der Waals surface area contributed by atoms with E-state index in [4.69, 9.17) is 0 Å². The van der Waals surface area contributed by atoms with Crippen LogP contribution in [-0.4, -0.2) is 11.5 Å². The van der Waals surface area contributed by atoms with Crippen LogP contribution in [0, 0.1) is 0 Å². The lowest BCUT2D eigenvalue weighted by Crippen LogP contribution is -2.41. The van der Waals surface area contributed by atoms with Crippen molar-refractivity contribution < 1.29 is 0 Å². The summed E-state index contributed by atoms with van der Waals surface area (Å²) in [5, 5.41) is 6.85. The number of hydrogen-bond acceptors (Lipinski definition) is 3. The first-order valence-corrected chi connectivity index (χ1v) is 7.27. The van der Waals surface area contributed by atoms with Gasteiger partial charge in [0.1, 0.15) is 5.01 Å². The summed E-state index contributed by atoms with van der Waals surface area (Å²) in [5.41, 5.74) is 3.00. The number of hydrogen-bond donors (Lipinski definition) is 1. The smallest absolute Gasteiger partial charge is 0.112 e. The molecular formula is C15H18N2S. The van der Waals surface area contributed by atoms with Crippen molar-refractivity contribution in [3.05, 3.63) is 52.0 Å². The molecule has 94 valence electrons. The number of nitrogens with zero attached hydrogens (tertiary/aromatic N) is 1. The summed E-state index contributed by atoms with van der Waals surface area (Å²) < 4.78 is 0. The fourth-order valence-electron chi connectivity index (χ4n) is 2.53. The van der Waals surface area contributed by atoms with Crippen LogP contribution in [-0.2, 0) is 12.0 Å². The Labute approximate surface area is 112 Å². The third-order valence-corrected chi connectivity index (χ3v) is 4.82. The zero-order valence-corrected chi connectivity index (χ0v) is 11.6. The van der Waals surface area contributed by atoms with Crippen LogP contribution in [0.25, 0.3) is 0 Å². The summed E-state index contributed by atoms with van der Waals surface area (Å²) in [6.45, 7) is 5.44. The third kappa shape index (κ3) is 2.08. The Morgan fingerprint density at radius 3 is 2.94 bits per heavy atom. The van der Waals surface area contributed by atoms with Gasteiger partial charge in [-0.05, 0) is 31.4 Å². The number of fused-ring (bicyclic) bond motifs is 1. The van der Waals surface area contributed by atoms with Gasteiger partial charge in [0.05, 0.1) is 5.54 Å². The van der Waals surface area contributed by atoms with Gasteiger partial charge >= 0.3 is 0 Å². The molecule has 1 aliphatic rings. The minimum atomic E-state index is -0.0291. The maximum Gasteiger partial charge on any atom is 0.112 e. The van der Waals surface area contributed by atoms with Crippen LogP contribution < -0.4 is 5.32 Å². The molecular weight excluding hydrogens is 240 g/mol. The van der Waals surface area contributed by atoms with Crippen molar-refractivity contribution in [1.29, 1.82) is 0 Å². The van der Waals surface area contributed by atoms with Crippen LogP contribution in [0.2, 0.25) is 0 Å². The number of thiazole rings is 1. The molecule has 1 N–H and O–H groups in total. The monoisotopic (exact) mass is 258 g/mol. The second-order valence-electron chi connectivity index (χ2n) is 5.44. The zero-order chi connectivity index (χ0) is 12.6. The van der Waals surface area contributed by atoms with E-state index in [1.807, 2.05) is 11.6 Å². The first-order valence-electron chi connectivity index (χ1n) is 6.39. The predicted octanol–water partition coefficient (Wildman–Crippen LogP) is 3.31. The van der Waals surface area contributed by atoms with Gasteiger partial charge in [-0.1, -0.05) is 24.3 Å². The highest BCUT2D eigenvalue weighted by Crippen LogP contribution is 2.35. The summed E-state index contributed by atoms with van der Waals surface area (Å²) >= 11 is 1.72. The molecule has 0 bridgehead atoms. The van der Waals surface area contributed by atoms with Gasteiger partial charge < -0.3 is 5.32 Å². The molecule has 0 saturated carbocycles. The maximum absolute atomic E-state index is 4.41. The molecule has 1 heterocycles. The Kier molecular flexibility index (Phi) is 2.96. The summed E-state index contributed by atoms with van der Waals surface area (Å²) in [5.74, 6) is 0.667. The molecule has 2 nitrogen and oxygen atoms in total. The van der Waals surface area contributed by atoms with Gasteiger partial charge in [0, 0.05) is 24.0 Å². The third-order valence-electron chi connectivity index (χ3n) is 3.72. The first-order chi connectivity index (χ1) is 8.67. The average Bonchev–Trinajstić information content (AvgIpc) is 2.84. The van der Waals surface area contributed by atoms with Gasteiger partial charge in [-0.25, -0.2) is 4.98 Å². The SMILES string of the molecule is CC(C)(NCC1Cc2ccccc21)c1nccs1. The Hall–Kier alpha value is -1.19. The molecule has 0 fully saturated rings. The quantitative estimate of drug-likeness (QED) is 0.910. The molecule has 1 aromatic heterocycles. The molecule has 1 atom stereocenters. The highest BCUT2D eigenvalue weighted by molar-refractivity contribution is 7.09. The van der Waals surface area contributed by atoms with E-state index >= 15 is 0 Å². The van der Waals surface area contributed by atoms with Crippen LogP contribution in [0.5, 0.6) is 0 Å². The molecule has 2 aromatic rings. The van der Waals surface area contributed by atoms with E-state index in [0.717, 1.165) is 11.6 Å². The van der Waals surface area contributed by atoms with Crippen molar-refractivity contribution in [3.8, 4) is 0 Å². The maximum atomic E-state index is 4.41. The lowest BCUT2D eigenvalue weighted by Gasteiger charge is -2.33. The van der Waals surface area contributed by atoms with Crippen molar-refractivity contribution in [1.82, 2.24) is 10.3 Å². The first kappa shape index (κ1) is 11.9. The standard InChI is InChI=1S/C15H18N2S/c1-15(2,14-16-7-8-18-14)17-10-12-9-11-5-3-4-6-13(11)12/h3-8,12,17H,9-10H2,1-2H3. The molecule has 3 heteroatoms. The van der Waals surface area contributed by atoms with E-state index in [1.54, 1.807) is 11.3 Å². The lowest BCUT2D eigenvalue weighted by atomic mass is 9.77. The molecule has 0 amide bonds. The minimum absolute atomic E-state index is 0.0291. The van der Waals surface area contributed by atoms with Gasteiger partial charge in [-0.15, -0.1) is 11.3 Å². The lowest BCUT2D eigenvalue weighted by molar-refractivity contribution is 0.373. The molecule has 0 radical (unpaired) electrons. The van der Waals surface area contributed by atoms with E-state index in [0.29, 0.717) is 5.92 Å². The van der Waals surface area contributed by atoms with Gasteiger partial charge in [0.2, 0.25) is 0 Å². The van der Waals surface area contributed by atoms with Crippen LogP contribution in [0.15, 0.2) is 35.8 Å². The number of benzene rings is 1. The van der Waals surface area contributed by atoms with E-state index < -0.39 is 0 Å². The topological polar surface area (TPSA) is 24.9 Å². The van der Waals surface area contributed by atoms with Crippen molar-refractivity contribution in [2.24, 2.45) is 0 Å². The van der Waals surface area contributed by atoms with Gasteiger partial charge in [-0.3, -0.25) is 0 Å². The molecule has 0 spiro atoms. The fraction of sp³-hybridized carbons (Fsp3) is 0.400. The Morgan fingerprint density at radius 2 is 2.22 bits per heavy atom. The largest absolute Gasteiger partial charge is 0.305 e.